The van der Waals surface area contributed by atoms with Crippen molar-refractivity contribution in [1.82, 2.24) is 9.97 Å². The maximum absolute atomic E-state index is 10.0. The summed E-state index contributed by atoms with van der Waals surface area (Å²) in [5.41, 5.74) is 2.66. The third-order valence-electron chi connectivity index (χ3n) is 4.77. The predicted molar refractivity (Wildman–Crippen MR) is 117 cm³/mol. The van der Waals surface area contributed by atoms with Crippen LogP contribution < -0.4 is 15.5 Å². The summed E-state index contributed by atoms with van der Waals surface area (Å²) in [6.45, 7) is 2.45. The molecule has 0 saturated heterocycles. The summed E-state index contributed by atoms with van der Waals surface area (Å²) in [6.07, 6.45) is 0. The summed E-state index contributed by atoms with van der Waals surface area (Å²) in [4.78, 5) is 10.7. The van der Waals surface area contributed by atoms with Gasteiger partial charge in [-0.2, -0.15) is 15.8 Å². The Balaban J connectivity index is 1.95. The smallest absolute Gasteiger partial charge is 0.179 e. The summed E-state index contributed by atoms with van der Waals surface area (Å²) < 4.78 is 0. The predicted octanol–water partition coefficient (Wildman–Crippen LogP) is 4.11. The van der Waals surface area contributed by atoms with Crippen LogP contribution >= 0.6 is 0 Å². The second-order valence-electron chi connectivity index (χ2n) is 6.55. The van der Waals surface area contributed by atoms with Crippen LogP contribution in [-0.2, 0) is 0 Å². The lowest BCUT2D eigenvalue weighted by atomic mass is 10.1. The van der Waals surface area contributed by atoms with Gasteiger partial charge >= 0.3 is 0 Å². The Morgan fingerprint density at radius 1 is 0.871 bits per heavy atom. The molecule has 1 aliphatic heterocycles. The van der Waals surface area contributed by atoms with Crippen molar-refractivity contribution in [3.05, 3.63) is 77.5 Å². The largest absolute Gasteiger partial charge is 0.339 e. The van der Waals surface area contributed by atoms with Crippen LogP contribution in [0.3, 0.4) is 0 Å². The van der Waals surface area contributed by atoms with Gasteiger partial charge < -0.3 is 15.5 Å². The van der Waals surface area contributed by atoms with E-state index in [0.717, 1.165) is 17.1 Å². The average molecular weight is 404 g/mol. The number of benzene rings is 2. The van der Waals surface area contributed by atoms with Gasteiger partial charge in [0.15, 0.2) is 17.2 Å². The quantitative estimate of drug-likeness (QED) is 0.623. The van der Waals surface area contributed by atoms with Crippen LogP contribution in [0.25, 0.3) is 5.57 Å². The van der Waals surface area contributed by atoms with E-state index in [4.69, 9.17) is 0 Å². The van der Waals surface area contributed by atoms with Gasteiger partial charge in [-0.3, -0.25) is 0 Å². The number of aromatic nitrogens is 2. The van der Waals surface area contributed by atoms with E-state index in [0.29, 0.717) is 18.2 Å². The van der Waals surface area contributed by atoms with Gasteiger partial charge in [-0.1, -0.05) is 30.3 Å². The van der Waals surface area contributed by atoms with Crippen molar-refractivity contribution in [3.8, 4) is 18.2 Å². The first-order valence-corrected chi connectivity index (χ1v) is 9.52. The van der Waals surface area contributed by atoms with Crippen molar-refractivity contribution >= 4 is 28.5 Å². The summed E-state index contributed by atoms with van der Waals surface area (Å²) in [5, 5.41) is 35.4. The van der Waals surface area contributed by atoms with Gasteiger partial charge in [-0.05, 0) is 31.2 Å². The molecule has 2 aromatic carbocycles. The maximum Gasteiger partial charge on any atom is 0.179 e. The van der Waals surface area contributed by atoms with Gasteiger partial charge in [0.1, 0.15) is 35.3 Å². The van der Waals surface area contributed by atoms with Gasteiger partial charge in [0.2, 0.25) is 0 Å². The highest BCUT2D eigenvalue weighted by molar-refractivity contribution is 5.92. The Morgan fingerprint density at radius 3 is 2.00 bits per heavy atom. The van der Waals surface area contributed by atoms with Gasteiger partial charge in [0.05, 0.1) is 11.4 Å². The van der Waals surface area contributed by atoms with E-state index >= 15 is 0 Å². The molecular formula is C23H16N8. The van der Waals surface area contributed by atoms with Crippen molar-refractivity contribution < 1.29 is 0 Å². The molecule has 0 fully saturated rings. The fourth-order valence-electron chi connectivity index (χ4n) is 3.35. The lowest BCUT2D eigenvalue weighted by Gasteiger charge is -2.24. The van der Waals surface area contributed by atoms with E-state index in [1.807, 2.05) is 78.6 Å². The summed E-state index contributed by atoms with van der Waals surface area (Å²) in [7, 11) is 0. The van der Waals surface area contributed by atoms with E-state index < -0.39 is 0 Å². The van der Waals surface area contributed by atoms with Crippen LogP contribution in [0.5, 0.6) is 0 Å². The molecule has 0 amide bonds. The van der Waals surface area contributed by atoms with Crippen molar-refractivity contribution in [2.45, 2.75) is 6.92 Å². The highest BCUT2D eigenvalue weighted by Gasteiger charge is 2.26. The summed E-state index contributed by atoms with van der Waals surface area (Å²) >= 11 is 0. The van der Waals surface area contributed by atoms with Gasteiger partial charge in [0, 0.05) is 12.2 Å². The third kappa shape index (κ3) is 3.48. The monoisotopic (exact) mass is 404 g/mol. The molecule has 1 aliphatic rings. The van der Waals surface area contributed by atoms with E-state index in [1.54, 1.807) is 0 Å². The first-order valence-electron chi connectivity index (χ1n) is 9.52. The molecule has 2 N–H and O–H groups in total. The first kappa shape index (κ1) is 19.4. The summed E-state index contributed by atoms with van der Waals surface area (Å²) in [5.74, 6) is 0.768. The highest BCUT2D eigenvalue weighted by atomic mass is 15.2. The zero-order valence-corrected chi connectivity index (χ0v) is 16.6. The van der Waals surface area contributed by atoms with Crippen LogP contribution in [0.15, 0.2) is 60.4 Å². The molecule has 2 heterocycles. The number of nitrogens with one attached hydrogen (secondary N) is 2. The minimum Gasteiger partial charge on any atom is -0.339 e. The van der Waals surface area contributed by atoms with Crippen molar-refractivity contribution in [1.29, 1.82) is 15.8 Å². The molecule has 148 valence electrons. The molecule has 8 nitrogen and oxygen atoms in total. The molecule has 0 spiro atoms. The number of hydrogen-bond donors (Lipinski definition) is 2. The molecule has 0 saturated carbocycles. The lowest BCUT2D eigenvalue weighted by Crippen LogP contribution is -2.21. The molecule has 3 aromatic rings. The third-order valence-corrected chi connectivity index (χ3v) is 4.77. The number of hydrogen-bond acceptors (Lipinski definition) is 8. The van der Waals surface area contributed by atoms with Gasteiger partial charge in [0.25, 0.3) is 0 Å². The number of allylic oxidation sites excluding steroid dienone is 1. The second-order valence-corrected chi connectivity index (χ2v) is 6.55. The van der Waals surface area contributed by atoms with Crippen LogP contribution in [0.4, 0.5) is 22.9 Å². The molecule has 0 atom stereocenters. The number of fused-ring (bicyclic) bond motifs is 1. The van der Waals surface area contributed by atoms with E-state index in [1.165, 1.54) is 0 Å². The van der Waals surface area contributed by atoms with Crippen molar-refractivity contribution in [2.75, 3.05) is 22.1 Å². The minimum absolute atomic E-state index is 0.0893. The standard InChI is InChI=1S/C23H16N8/c1-2-31(15-8-4-3-5-9-15)23-21(27-19(13-25)20(14-26)30-23)16(12-24)22-28-17-10-6-7-11-18(17)29-22/h3-11,28-29H,2H2,1H3. The van der Waals surface area contributed by atoms with Crippen LogP contribution in [-0.4, -0.2) is 16.5 Å². The fraction of sp³-hybridized carbons (Fsp3) is 0.0870. The molecule has 0 bridgehead atoms. The maximum atomic E-state index is 10.0. The SMILES string of the molecule is CCN(c1ccccc1)c1nc(C#N)c(C#N)nc1C(C#N)=C1Nc2ccccc2N1. The van der Waals surface area contributed by atoms with Crippen molar-refractivity contribution in [2.24, 2.45) is 0 Å². The van der Waals surface area contributed by atoms with Gasteiger partial charge in [-0.15, -0.1) is 0 Å². The van der Waals surface area contributed by atoms with Crippen molar-refractivity contribution in [3.63, 3.8) is 0 Å². The van der Waals surface area contributed by atoms with Crippen LogP contribution in [0.2, 0.25) is 0 Å². The first-order chi connectivity index (χ1) is 15.2. The number of anilines is 4. The molecule has 0 unspecified atom stereocenters. The zero-order valence-electron chi connectivity index (χ0n) is 16.6. The fourth-order valence-corrected chi connectivity index (χ4v) is 3.35. The molecular weight excluding hydrogens is 388 g/mol. The van der Waals surface area contributed by atoms with Gasteiger partial charge in [-0.25, -0.2) is 9.97 Å². The Bertz CT molecular complexity index is 1280. The van der Waals surface area contributed by atoms with Crippen LogP contribution in [0, 0.1) is 34.0 Å². The van der Waals surface area contributed by atoms with E-state index in [-0.39, 0.29) is 22.7 Å². The molecule has 31 heavy (non-hydrogen) atoms. The molecule has 0 radical (unpaired) electrons. The normalized spacial score (nSPS) is 11.2. The van der Waals surface area contributed by atoms with Crippen LogP contribution in [0.1, 0.15) is 24.0 Å². The summed E-state index contributed by atoms with van der Waals surface area (Å²) in [6, 6.07) is 23.1. The number of para-hydroxylation sites is 3. The molecule has 0 aliphatic carbocycles. The molecule has 4 rings (SSSR count). The topological polar surface area (TPSA) is 124 Å². The Hall–Kier alpha value is -4.87. The molecule has 8 heteroatoms. The number of nitriles is 3. The average Bonchev–Trinajstić information content (AvgIpc) is 3.25. The van der Waals surface area contributed by atoms with E-state index in [2.05, 4.69) is 26.7 Å². The lowest BCUT2D eigenvalue weighted by molar-refractivity contribution is 0.958. The second kappa shape index (κ2) is 8.24. The zero-order chi connectivity index (χ0) is 21.8. The molecule has 1 aromatic heterocycles. The number of rotatable bonds is 4. The van der Waals surface area contributed by atoms with E-state index in [9.17, 15) is 15.8 Å². The number of nitrogens with zero attached hydrogens (tertiary/aromatic N) is 6. The Kier molecular flexibility index (Phi) is 5.17. The Labute approximate surface area is 179 Å². The highest BCUT2D eigenvalue weighted by Crippen LogP contribution is 2.36. The Morgan fingerprint density at radius 2 is 1.45 bits per heavy atom. The minimum atomic E-state index is -0.130.